The Bertz CT molecular complexity index is 517. The summed E-state index contributed by atoms with van der Waals surface area (Å²) >= 11 is 0. The standard InChI is InChI=1S/C14H19F2NO2Si/c1-10(18)17(14(13(15)16)20(3,4)5)11-6-8-12(19-2)9-7-11/h6-9H,1-5H3. The predicted octanol–water partition coefficient (Wildman–Crippen LogP) is 4.03. The van der Waals surface area contributed by atoms with Gasteiger partial charge in [-0.05, 0) is 24.3 Å². The van der Waals surface area contributed by atoms with Crippen LogP contribution in [0, 0.1) is 0 Å². The fraction of sp³-hybridized carbons (Fsp3) is 0.357. The fourth-order valence-electron chi connectivity index (χ4n) is 1.90. The van der Waals surface area contributed by atoms with Crippen molar-refractivity contribution in [1.82, 2.24) is 0 Å². The number of benzene rings is 1. The molecule has 0 saturated heterocycles. The van der Waals surface area contributed by atoms with Gasteiger partial charge in [0.15, 0.2) is 0 Å². The van der Waals surface area contributed by atoms with E-state index in [9.17, 15) is 13.6 Å². The van der Waals surface area contributed by atoms with Crippen LogP contribution >= 0.6 is 0 Å². The van der Waals surface area contributed by atoms with E-state index in [4.69, 9.17) is 4.74 Å². The molecule has 0 heterocycles. The lowest BCUT2D eigenvalue weighted by Gasteiger charge is -2.31. The molecule has 1 rings (SSSR count). The zero-order valence-electron chi connectivity index (χ0n) is 12.3. The lowest BCUT2D eigenvalue weighted by atomic mass is 10.2. The molecule has 6 heteroatoms. The van der Waals surface area contributed by atoms with Crippen molar-refractivity contribution in [2.75, 3.05) is 12.0 Å². The molecule has 0 aliphatic carbocycles. The number of rotatable bonds is 4. The van der Waals surface area contributed by atoms with Crippen LogP contribution in [0.25, 0.3) is 0 Å². The van der Waals surface area contributed by atoms with Crippen molar-refractivity contribution in [2.45, 2.75) is 26.6 Å². The van der Waals surface area contributed by atoms with Crippen molar-refractivity contribution in [2.24, 2.45) is 0 Å². The molecule has 0 spiro atoms. The van der Waals surface area contributed by atoms with E-state index in [1.807, 2.05) is 0 Å². The SMILES string of the molecule is COc1ccc(N(C(C)=O)C(=C(F)F)[Si](C)(C)C)cc1. The van der Waals surface area contributed by atoms with Gasteiger partial charge in [0.1, 0.15) is 13.8 Å². The number of hydrogen-bond acceptors (Lipinski definition) is 2. The summed E-state index contributed by atoms with van der Waals surface area (Å²) in [4.78, 5) is 12.9. The molecule has 110 valence electrons. The van der Waals surface area contributed by atoms with Crippen LogP contribution in [0.5, 0.6) is 5.75 Å². The number of hydrogen-bond donors (Lipinski definition) is 0. The third kappa shape index (κ3) is 3.66. The molecule has 1 aromatic carbocycles. The minimum Gasteiger partial charge on any atom is -0.497 e. The molecular weight excluding hydrogens is 280 g/mol. The molecular formula is C14H19F2NO2Si. The molecule has 0 aliphatic heterocycles. The number of carbonyl (C=O) groups is 1. The molecule has 0 fully saturated rings. The van der Waals surface area contributed by atoms with E-state index in [1.165, 1.54) is 14.0 Å². The van der Waals surface area contributed by atoms with Crippen LogP contribution in [0.1, 0.15) is 6.92 Å². The van der Waals surface area contributed by atoms with Crippen molar-refractivity contribution in [3.05, 3.63) is 35.7 Å². The normalized spacial score (nSPS) is 10.9. The van der Waals surface area contributed by atoms with Gasteiger partial charge in [0.25, 0.3) is 6.08 Å². The summed E-state index contributed by atoms with van der Waals surface area (Å²) in [6, 6.07) is 6.49. The van der Waals surface area contributed by atoms with Gasteiger partial charge in [0.05, 0.1) is 12.4 Å². The summed E-state index contributed by atoms with van der Waals surface area (Å²) in [5.41, 5.74) is 0.420. The first-order valence-corrected chi connectivity index (χ1v) is 9.69. The molecule has 0 N–H and O–H groups in total. The number of ether oxygens (including phenoxy) is 1. The minimum absolute atomic E-state index is 0.157. The second kappa shape index (κ2) is 6.17. The molecule has 1 amide bonds. The second-order valence-corrected chi connectivity index (χ2v) is 10.4. The number of amides is 1. The van der Waals surface area contributed by atoms with Gasteiger partial charge in [-0.15, -0.1) is 0 Å². The van der Waals surface area contributed by atoms with E-state index in [2.05, 4.69) is 0 Å². The van der Waals surface area contributed by atoms with E-state index in [-0.39, 0.29) is 5.32 Å². The van der Waals surface area contributed by atoms with E-state index >= 15 is 0 Å². The van der Waals surface area contributed by atoms with E-state index in [1.54, 1.807) is 43.9 Å². The molecule has 0 bridgehead atoms. The number of anilines is 1. The molecule has 0 aliphatic rings. The summed E-state index contributed by atoms with van der Waals surface area (Å²) in [5, 5.41) is -0.157. The maximum atomic E-state index is 13.3. The van der Waals surface area contributed by atoms with Crippen LogP contribution in [0.3, 0.4) is 0 Å². The second-order valence-electron chi connectivity index (χ2n) is 5.41. The van der Waals surface area contributed by atoms with Crippen molar-refractivity contribution in [3.63, 3.8) is 0 Å². The maximum absolute atomic E-state index is 13.3. The van der Waals surface area contributed by atoms with Crippen LogP contribution in [0.15, 0.2) is 35.7 Å². The van der Waals surface area contributed by atoms with Gasteiger partial charge in [-0.25, -0.2) is 0 Å². The summed E-state index contributed by atoms with van der Waals surface area (Å²) in [5.74, 6) is 0.178. The lowest BCUT2D eigenvalue weighted by molar-refractivity contribution is -0.116. The Kier molecular flexibility index (Phi) is 5.05. The van der Waals surface area contributed by atoms with Crippen LogP contribution in [0.4, 0.5) is 14.5 Å². The summed E-state index contributed by atoms with van der Waals surface area (Å²) in [7, 11) is -0.857. The highest BCUT2D eigenvalue weighted by atomic mass is 28.3. The van der Waals surface area contributed by atoms with E-state index < -0.39 is 20.1 Å². The average molecular weight is 299 g/mol. The Hall–Kier alpha value is -1.69. The van der Waals surface area contributed by atoms with Gasteiger partial charge in [-0.2, -0.15) is 8.78 Å². The van der Waals surface area contributed by atoms with Gasteiger partial charge in [0, 0.05) is 12.6 Å². The molecule has 3 nitrogen and oxygen atoms in total. The molecule has 0 aromatic heterocycles. The Balaban J connectivity index is 3.37. The van der Waals surface area contributed by atoms with E-state index in [0.29, 0.717) is 11.4 Å². The summed E-state index contributed by atoms with van der Waals surface area (Å²) in [6.45, 7) is 6.62. The quantitative estimate of drug-likeness (QED) is 0.785. The van der Waals surface area contributed by atoms with Crippen molar-refractivity contribution in [3.8, 4) is 5.75 Å². The first kappa shape index (κ1) is 16.4. The fourth-order valence-corrected chi connectivity index (χ4v) is 3.43. The van der Waals surface area contributed by atoms with Gasteiger partial charge in [-0.1, -0.05) is 19.6 Å². The molecule has 0 radical (unpaired) electrons. The zero-order valence-corrected chi connectivity index (χ0v) is 13.3. The van der Waals surface area contributed by atoms with Gasteiger partial charge >= 0.3 is 0 Å². The lowest BCUT2D eigenvalue weighted by Crippen LogP contribution is -2.41. The zero-order chi connectivity index (χ0) is 15.5. The summed E-state index contributed by atoms with van der Waals surface area (Å²) < 4.78 is 31.7. The van der Waals surface area contributed by atoms with Crippen molar-refractivity contribution >= 4 is 19.7 Å². The monoisotopic (exact) mass is 299 g/mol. The number of methoxy groups -OCH3 is 1. The topological polar surface area (TPSA) is 29.5 Å². The number of halogens is 2. The first-order valence-electron chi connectivity index (χ1n) is 6.19. The highest BCUT2D eigenvalue weighted by molar-refractivity contribution is 6.84. The Morgan fingerprint density at radius 1 is 1.15 bits per heavy atom. The number of nitrogens with zero attached hydrogens (tertiary/aromatic N) is 1. The van der Waals surface area contributed by atoms with Crippen LogP contribution in [0.2, 0.25) is 19.6 Å². The Morgan fingerprint density at radius 2 is 1.65 bits per heavy atom. The highest BCUT2D eigenvalue weighted by Crippen LogP contribution is 2.30. The Morgan fingerprint density at radius 3 is 1.95 bits per heavy atom. The average Bonchev–Trinajstić information content (AvgIpc) is 2.33. The minimum atomic E-state index is -2.38. The predicted molar refractivity (Wildman–Crippen MR) is 78.7 cm³/mol. The molecule has 0 saturated carbocycles. The van der Waals surface area contributed by atoms with E-state index in [0.717, 1.165) is 4.90 Å². The smallest absolute Gasteiger partial charge is 0.285 e. The third-order valence-corrected chi connectivity index (χ3v) is 4.59. The highest BCUT2D eigenvalue weighted by Gasteiger charge is 2.32. The molecule has 1 aromatic rings. The van der Waals surface area contributed by atoms with Crippen LogP contribution < -0.4 is 9.64 Å². The summed E-state index contributed by atoms with van der Waals surface area (Å²) in [6.07, 6.45) is -1.80. The maximum Gasteiger partial charge on any atom is 0.285 e. The van der Waals surface area contributed by atoms with Crippen LogP contribution in [-0.2, 0) is 4.79 Å². The molecule has 0 unspecified atom stereocenters. The van der Waals surface area contributed by atoms with Gasteiger partial charge < -0.3 is 4.74 Å². The van der Waals surface area contributed by atoms with Crippen molar-refractivity contribution < 1.29 is 18.3 Å². The third-order valence-electron chi connectivity index (χ3n) is 2.76. The molecule has 0 atom stereocenters. The van der Waals surface area contributed by atoms with Gasteiger partial charge in [-0.3, -0.25) is 9.69 Å². The Labute approximate surface area is 118 Å². The largest absolute Gasteiger partial charge is 0.497 e. The van der Waals surface area contributed by atoms with Crippen molar-refractivity contribution in [1.29, 1.82) is 0 Å². The van der Waals surface area contributed by atoms with Gasteiger partial charge in [0.2, 0.25) is 5.91 Å². The molecule has 20 heavy (non-hydrogen) atoms. The first-order chi connectivity index (χ1) is 9.18. The van der Waals surface area contributed by atoms with Crippen LogP contribution in [-0.4, -0.2) is 21.1 Å². The number of carbonyl (C=O) groups excluding carboxylic acids is 1.